The molecule has 1 heterocycles. The Hall–Kier alpha value is -3.62. The lowest BCUT2D eigenvalue weighted by Gasteiger charge is -2.51. The van der Waals surface area contributed by atoms with Crippen molar-refractivity contribution < 1.29 is 28.4 Å². The van der Waals surface area contributed by atoms with Gasteiger partial charge in [-0.3, -0.25) is 0 Å². The predicted molar refractivity (Wildman–Crippen MR) is 175 cm³/mol. The van der Waals surface area contributed by atoms with Gasteiger partial charge in [0, 0.05) is 0 Å². The Morgan fingerprint density at radius 3 is 1.49 bits per heavy atom. The average Bonchev–Trinajstić information content (AvgIpc) is 3.08. The Labute approximate surface area is 267 Å². The molecule has 0 bridgehead atoms. The number of hydrogen-bond donors (Lipinski definition) is 0. The summed E-state index contributed by atoms with van der Waals surface area (Å²) < 4.78 is 39.9. The lowest BCUT2D eigenvalue weighted by atomic mass is 9.91. The van der Waals surface area contributed by atoms with Crippen molar-refractivity contribution in [2.24, 2.45) is 0 Å². The van der Waals surface area contributed by atoms with Gasteiger partial charge in [0.05, 0.1) is 39.1 Å². The van der Waals surface area contributed by atoms with E-state index in [9.17, 15) is 0 Å². The third kappa shape index (κ3) is 9.21. The van der Waals surface area contributed by atoms with Crippen LogP contribution in [0.1, 0.15) is 36.1 Å². The van der Waals surface area contributed by atoms with Gasteiger partial charge in [-0.2, -0.15) is 0 Å². The van der Waals surface area contributed by atoms with Crippen molar-refractivity contribution in [3.05, 3.63) is 156 Å². The van der Waals surface area contributed by atoms with E-state index in [1.165, 1.54) is 0 Å². The normalized spacial score (nSPS) is 23.2. The molecule has 5 atom stereocenters. The molecule has 6 heteroatoms. The fraction of sp³-hybridized carbons (Fsp3) is 0.333. The second-order valence-electron chi connectivity index (χ2n) is 11.5. The van der Waals surface area contributed by atoms with Crippen LogP contribution >= 0.6 is 0 Å². The van der Waals surface area contributed by atoms with Gasteiger partial charge in [0.1, 0.15) is 24.4 Å². The summed E-state index contributed by atoms with van der Waals surface area (Å²) in [6.45, 7) is 9.87. The SMILES string of the molecule is C=C[C@]1(OC(C)C)O[C@H](COCc2ccccc2)[C@H](OCc2ccccc2)[C@H](OCc2ccccc2)[C@H]1OCc1ccccc1. The third-order valence-electron chi connectivity index (χ3n) is 7.66. The van der Waals surface area contributed by atoms with Crippen LogP contribution in [0.4, 0.5) is 0 Å². The van der Waals surface area contributed by atoms with Crippen LogP contribution < -0.4 is 0 Å². The second kappa shape index (κ2) is 16.6. The molecule has 6 nitrogen and oxygen atoms in total. The molecule has 0 aliphatic carbocycles. The summed E-state index contributed by atoms with van der Waals surface area (Å²) in [5.41, 5.74) is 4.18. The maximum Gasteiger partial charge on any atom is 0.218 e. The van der Waals surface area contributed by atoms with Crippen LogP contribution in [0.5, 0.6) is 0 Å². The Kier molecular flexibility index (Phi) is 12.1. The molecule has 1 aliphatic rings. The highest BCUT2D eigenvalue weighted by Gasteiger charge is 2.57. The monoisotopic (exact) mass is 608 g/mol. The molecule has 0 spiro atoms. The van der Waals surface area contributed by atoms with Gasteiger partial charge in [-0.1, -0.05) is 128 Å². The average molecular weight is 609 g/mol. The molecule has 236 valence electrons. The van der Waals surface area contributed by atoms with Crippen LogP contribution in [0.3, 0.4) is 0 Å². The quantitative estimate of drug-likeness (QED) is 0.122. The molecule has 5 rings (SSSR count). The topological polar surface area (TPSA) is 55.4 Å². The molecule has 0 N–H and O–H groups in total. The summed E-state index contributed by atoms with van der Waals surface area (Å²) in [6, 6.07) is 40.3. The van der Waals surface area contributed by atoms with Crippen molar-refractivity contribution in [1.82, 2.24) is 0 Å². The summed E-state index contributed by atoms with van der Waals surface area (Å²) in [5, 5.41) is 0. The van der Waals surface area contributed by atoms with Crippen LogP contribution in [-0.4, -0.2) is 42.9 Å². The van der Waals surface area contributed by atoms with E-state index < -0.39 is 30.2 Å². The van der Waals surface area contributed by atoms with E-state index in [-0.39, 0.29) is 12.7 Å². The summed E-state index contributed by atoms with van der Waals surface area (Å²) >= 11 is 0. The van der Waals surface area contributed by atoms with Crippen LogP contribution in [0.2, 0.25) is 0 Å². The van der Waals surface area contributed by atoms with Crippen molar-refractivity contribution in [3.63, 3.8) is 0 Å². The fourth-order valence-corrected chi connectivity index (χ4v) is 5.54. The smallest absolute Gasteiger partial charge is 0.218 e. The predicted octanol–water partition coefficient (Wildman–Crippen LogP) is 7.67. The summed E-state index contributed by atoms with van der Waals surface area (Å²) in [7, 11) is 0. The molecule has 1 fully saturated rings. The van der Waals surface area contributed by atoms with E-state index >= 15 is 0 Å². The van der Waals surface area contributed by atoms with Gasteiger partial charge in [0.25, 0.3) is 0 Å². The van der Waals surface area contributed by atoms with Gasteiger partial charge in [-0.25, -0.2) is 0 Å². The number of hydrogen-bond acceptors (Lipinski definition) is 6. The molecular weight excluding hydrogens is 564 g/mol. The zero-order chi connectivity index (χ0) is 31.3. The zero-order valence-corrected chi connectivity index (χ0v) is 26.2. The molecule has 0 amide bonds. The maximum atomic E-state index is 6.86. The Bertz CT molecular complexity index is 1400. The maximum absolute atomic E-state index is 6.86. The molecular formula is C39H44O6. The van der Waals surface area contributed by atoms with E-state index in [2.05, 4.69) is 6.58 Å². The lowest BCUT2D eigenvalue weighted by Crippen LogP contribution is -2.67. The highest BCUT2D eigenvalue weighted by Crippen LogP contribution is 2.39. The molecule has 0 unspecified atom stereocenters. The molecule has 0 saturated carbocycles. The second-order valence-corrected chi connectivity index (χ2v) is 11.5. The molecule has 0 radical (unpaired) electrons. The minimum atomic E-state index is -1.32. The summed E-state index contributed by atoms with van der Waals surface area (Å²) in [6.07, 6.45) is -0.880. The van der Waals surface area contributed by atoms with Crippen LogP contribution in [0, 0.1) is 0 Å². The first-order valence-corrected chi connectivity index (χ1v) is 15.6. The molecule has 45 heavy (non-hydrogen) atoms. The Balaban J connectivity index is 1.49. The van der Waals surface area contributed by atoms with Crippen molar-refractivity contribution >= 4 is 0 Å². The minimum Gasteiger partial charge on any atom is -0.374 e. The summed E-state index contributed by atoms with van der Waals surface area (Å²) in [5.74, 6) is -1.32. The number of ether oxygens (including phenoxy) is 6. The number of rotatable bonds is 16. The molecule has 4 aromatic carbocycles. The highest BCUT2D eigenvalue weighted by atomic mass is 16.7. The number of benzene rings is 4. The Morgan fingerprint density at radius 2 is 1.04 bits per heavy atom. The molecule has 1 aliphatic heterocycles. The first-order valence-electron chi connectivity index (χ1n) is 15.6. The first-order chi connectivity index (χ1) is 22.1. The fourth-order valence-electron chi connectivity index (χ4n) is 5.54. The van der Waals surface area contributed by atoms with Crippen molar-refractivity contribution in [3.8, 4) is 0 Å². The van der Waals surface area contributed by atoms with Gasteiger partial charge in [0.2, 0.25) is 5.79 Å². The van der Waals surface area contributed by atoms with Gasteiger partial charge in [-0.05, 0) is 42.2 Å². The van der Waals surface area contributed by atoms with Gasteiger partial charge in [-0.15, -0.1) is 0 Å². The van der Waals surface area contributed by atoms with Crippen LogP contribution in [0.15, 0.2) is 134 Å². The zero-order valence-electron chi connectivity index (χ0n) is 26.2. The van der Waals surface area contributed by atoms with Crippen molar-refractivity contribution in [2.45, 2.75) is 76.6 Å². The van der Waals surface area contributed by atoms with E-state index in [0.29, 0.717) is 26.4 Å². The van der Waals surface area contributed by atoms with E-state index in [1.54, 1.807) is 6.08 Å². The highest BCUT2D eigenvalue weighted by molar-refractivity contribution is 5.17. The Morgan fingerprint density at radius 1 is 0.622 bits per heavy atom. The van der Waals surface area contributed by atoms with E-state index in [1.807, 2.05) is 135 Å². The van der Waals surface area contributed by atoms with Gasteiger partial charge in [0.15, 0.2) is 0 Å². The standard InChI is InChI=1S/C39H44O6/c1-4-39(44-30(2)3)38(43-28-34-23-15-8-16-24-34)37(42-27-33-21-13-7-14-22-33)36(41-26-32-19-11-6-12-20-32)35(45-39)29-40-25-31-17-9-5-10-18-31/h4-24,30,35-38H,1,25-29H2,2-3H3/t35-,36+,37+,38-,39+/m1/s1. The van der Waals surface area contributed by atoms with Gasteiger partial charge >= 0.3 is 0 Å². The van der Waals surface area contributed by atoms with Crippen molar-refractivity contribution in [1.29, 1.82) is 0 Å². The van der Waals surface area contributed by atoms with Crippen LogP contribution in [-0.2, 0) is 54.8 Å². The minimum absolute atomic E-state index is 0.187. The molecule has 1 saturated heterocycles. The lowest BCUT2D eigenvalue weighted by molar-refractivity contribution is -0.370. The summed E-state index contributed by atoms with van der Waals surface area (Å²) in [4.78, 5) is 0. The van der Waals surface area contributed by atoms with Crippen LogP contribution in [0.25, 0.3) is 0 Å². The molecule has 4 aromatic rings. The third-order valence-corrected chi connectivity index (χ3v) is 7.66. The van der Waals surface area contributed by atoms with Gasteiger partial charge < -0.3 is 28.4 Å². The largest absolute Gasteiger partial charge is 0.374 e. The van der Waals surface area contributed by atoms with E-state index in [0.717, 1.165) is 22.3 Å². The van der Waals surface area contributed by atoms with E-state index in [4.69, 9.17) is 28.4 Å². The van der Waals surface area contributed by atoms with Crippen molar-refractivity contribution in [2.75, 3.05) is 6.61 Å². The first kappa shape index (κ1) is 32.8. The molecule has 0 aromatic heterocycles.